The summed E-state index contributed by atoms with van der Waals surface area (Å²) >= 11 is 0. The average Bonchev–Trinajstić information content (AvgIpc) is 3.30. The molecule has 0 saturated carbocycles. The van der Waals surface area contributed by atoms with Gasteiger partial charge in [0.2, 0.25) is 5.91 Å². The number of amides is 2. The first-order valence-corrected chi connectivity index (χ1v) is 12.9. The van der Waals surface area contributed by atoms with E-state index in [1.54, 1.807) is 16.8 Å². The van der Waals surface area contributed by atoms with Gasteiger partial charge in [-0.3, -0.25) is 14.5 Å². The van der Waals surface area contributed by atoms with E-state index in [0.29, 0.717) is 55.1 Å². The Morgan fingerprint density at radius 3 is 2.62 bits per heavy atom. The Morgan fingerprint density at radius 1 is 1.05 bits per heavy atom. The van der Waals surface area contributed by atoms with Crippen LogP contribution in [0.2, 0.25) is 0 Å². The molecule has 0 aliphatic carbocycles. The lowest BCUT2D eigenvalue weighted by Crippen LogP contribution is -2.41. The molecule has 2 aromatic carbocycles. The number of nitrogens with one attached hydrogen (secondary N) is 2. The van der Waals surface area contributed by atoms with E-state index in [1.165, 1.54) is 0 Å². The number of aromatic nitrogens is 3. The molecule has 37 heavy (non-hydrogen) atoms. The summed E-state index contributed by atoms with van der Waals surface area (Å²) in [6, 6.07) is 16.6. The number of carbonyl (C=O) groups excluding carboxylic acids is 2. The standard InChI is InChI=1S/C28H36N6O3/c1-20(2)18-33-14-8-13-29-28(36)23-11-7-12-24(17-23)37-16-15-34-27(21(3)30-25(35)19-33)31-26(32-34)22-9-5-4-6-10-22/h4-7,9-12,17,20-21H,8,13-16,18-19H2,1-3H3,(H,29,36)(H,30,35)/t21-/m0/s1. The van der Waals surface area contributed by atoms with Gasteiger partial charge in [-0.05, 0) is 37.5 Å². The Bertz CT molecular complexity index is 1190. The summed E-state index contributed by atoms with van der Waals surface area (Å²) in [7, 11) is 0. The number of benzene rings is 2. The van der Waals surface area contributed by atoms with Gasteiger partial charge in [-0.25, -0.2) is 9.67 Å². The molecule has 0 saturated heterocycles. The van der Waals surface area contributed by atoms with E-state index in [1.807, 2.05) is 49.4 Å². The molecule has 2 N–H and O–H groups in total. The fourth-order valence-electron chi connectivity index (χ4n) is 4.44. The van der Waals surface area contributed by atoms with E-state index in [-0.39, 0.29) is 24.4 Å². The number of fused-ring (bicyclic) bond motifs is 3. The molecule has 0 radical (unpaired) electrons. The van der Waals surface area contributed by atoms with Crippen molar-refractivity contribution in [2.45, 2.75) is 39.8 Å². The molecule has 196 valence electrons. The highest BCUT2D eigenvalue weighted by molar-refractivity contribution is 5.94. The van der Waals surface area contributed by atoms with Gasteiger partial charge in [-0.2, -0.15) is 5.10 Å². The van der Waals surface area contributed by atoms with Crippen LogP contribution in [0.3, 0.4) is 0 Å². The number of ether oxygens (including phenoxy) is 1. The van der Waals surface area contributed by atoms with E-state index in [0.717, 1.165) is 18.5 Å². The molecular weight excluding hydrogens is 468 g/mol. The zero-order chi connectivity index (χ0) is 26.2. The SMILES string of the molecule is CC(C)CN1CCCNC(=O)c2cccc(c2)OCCn2nc(-c3ccccc3)nc2[C@H](C)NC(=O)C1. The summed E-state index contributed by atoms with van der Waals surface area (Å²) in [6.07, 6.45) is 0.742. The molecule has 1 aliphatic rings. The first-order valence-electron chi connectivity index (χ1n) is 12.9. The molecule has 2 amide bonds. The van der Waals surface area contributed by atoms with Crippen LogP contribution in [0.1, 0.15) is 49.4 Å². The fraction of sp³-hybridized carbons (Fsp3) is 0.429. The van der Waals surface area contributed by atoms with E-state index in [2.05, 4.69) is 29.4 Å². The lowest BCUT2D eigenvalue weighted by molar-refractivity contribution is -0.123. The molecule has 4 rings (SSSR count). The molecule has 9 nitrogen and oxygen atoms in total. The summed E-state index contributed by atoms with van der Waals surface area (Å²) in [5.41, 5.74) is 1.46. The van der Waals surface area contributed by atoms with Gasteiger partial charge >= 0.3 is 0 Å². The third-order valence-electron chi connectivity index (χ3n) is 6.09. The second-order valence-electron chi connectivity index (χ2n) is 9.79. The molecule has 0 unspecified atom stereocenters. The Balaban J connectivity index is 1.61. The maximum absolute atomic E-state index is 13.0. The van der Waals surface area contributed by atoms with Crippen molar-refractivity contribution in [2.75, 3.05) is 32.8 Å². The minimum Gasteiger partial charge on any atom is -0.492 e. The number of carbonyl (C=O) groups is 2. The zero-order valence-corrected chi connectivity index (χ0v) is 21.8. The van der Waals surface area contributed by atoms with Gasteiger partial charge in [0.05, 0.1) is 19.1 Å². The average molecular weight is 505 g/mol. The minimum atomic E-state index is -0.333. The molecule has 2 heterocycles. The monoisotopic (exact) mass is 504 g/mol. The molecule has 9 heteroatoms. The minimum absolute atomic E-state index is 0.0691. The van der Waals surface area contributed by atoms with Crippen LogP contribution in [0.4, 0.5) is 0 Å². The summed E-state index contributed by atoms with van der Waals surface area (Å²) in [4.78, 5) is 32.6. The van der Waals surface area contributed by atoms with E-state index < -0.39 is 0 Å². The number of nitrogens with zero attached hydrogens (tertiary/aromatic N) is 4. The largest absolute Gasteiger partial charge is 0.492 e. The molecule has 1 aliphatic heterocycles. The van der Waals surface area contributed by atoms with Gasteiger partial charge in [0.25, 0.3) is 5.91 Å². The zero-order valence-electron chi connectivity index (χ0n) is 21.8. The van der Waals surface area contributed by atoms with Gasteiger partial charge in [0, 0.05) is 30.8 Å². The highest BCUT2D eigenvalue weighted by Gasteiger charge is 2.21. The van der Waals surface area contributed by atoms with E-state index >= 15 is 0 Å². The molecule has 1 aromatic heterocycles. The molecule has 1 atom stereocenters. The first-order chi connectivity index (χ1) is 17.9. The maximum Gasteiger partial charge on any atom is 0.251 e. The van der Waals surface area contributed by atoms with E-state index in [4.69, 9.17) is 14.8 Å². The molecular formula is C28H36N6O3. The van der Waals surface area contributed by atoms with Crippen molar-refractivity contribution in [2.24, 2.45) is 5.92 Å². The third kappa shape index (κ3) is 7.39. The first kappa shape index (κ1) is 26.3. The fourth-order valence-corrected chi connectivity index (χ4v) is 4.44. The summed E-state index contributed by atoms with van der Waals surface area (Å²) in [6.45, 7) is 9.28. The predicted octanol–water partition coefficient (Wildman–Crippen LogP) is 3.29. The molecule has 2 bridgehead atoms. The van der Waals surface area contributed by atoms with Gasteiger partial charge < -0.3 is 15.4 Å². The summed E-state index contributed by atoms with van der Waals surface area (Å²) in [5.74, 6) is 2.09. The topological polar surface area (TPSA) is 101 Å². The van der Waals surface area contributed by atoms with Crippen molar-refractivity contribution in [3.8, 4) is 17.1 Å². The van der Waals surface area contributed by atoms with Crippen LogP contribution >= 0.6 is 0 Å². The number of hydrogen-bond acceptors (Lipinski definition) is 6. The number of rotatable bonds is 3. The van der Waals surface area contributed by atoms with Crippen molar-refractivity contribution in [1.29, 1.82) is 0 Å². The second-order valence-corrected chi connectivity index (χ2v) is 9.79. The normalized spacial score (nSPS) is 18.2. The maximum atomic E-state index is 13.0. The Labute approximate surface area is 218 Å². The van der Waals surface area contributed by atoms with Crippen molar-refractivity contribution in [3.63, 3.8) is 0 Å². The van der Waals surface area contributed by atoms with Crippen LogP contribution in [0.15, 0.2) is 54.6 Å². The Morgan fingerprint density at radius 2 is 1.84 bits per heavy atom. The van der Waals surface area contributed by atoms with Crippen LogP contribution in [0.5, 0.6) is 5.75 Å². The summed E-state index contributed by atoms with van der Waals surface area (Å²) < 4.78 is 7.75. The molecule has 0 fully saturated rings. The molecule has 0 spiro atoms. The predicted molar refractivity (Wildman–Crippen MR) is 142 cm³/mol. The Kier molecular flexibility index (Phi) is 8.90. The van der Waals surface area contributed by atoms with Crippen molar-refractivity contribution < 1.29 is 14.3 Å². The highest BCUT2D eigenvalue weighted by Crippen LogP contribution is 2.20. The molecule has 3 aromatic rings. The summed E-state index contributed by atoms with van der Waals surface area (Å²) in [5, 5.41) is 10.8. The smallest absolute Gasteiger partial charge is 0.251 e. The van der Waals surface area contributed by atoms with Crippen molar-refractivity contribution in [3.05, 3.63) is 66.0 Å². The Hall–Kier alpha value is -3.72. The quantitative estimate of drug-likeness (QED) is 0.568. The third-order valence-corrected chi connectivity index (χ3v) is 6.09. The van der Waals surface area contributed by atoms with Crippen molar-refractivity contribution in [1.82, 2.24) is 30.3 Å². The van der Waals surface area contributed by atoms with Gasteiger partial charge in [-0.15, -0.1) is 0 Å². The van der Waals surface area contributed by atoms with Crippen LogP contribution in [0, 0.1) is 5.92 Å². The lowest BCUT2D eigenvalue weighted by atomic mass is 10.2. The van der Waals surface area contributed by atoms with Crippen LogP contribution < -0.4 is 15.4 Å². The number of hydrogen-bond donors (Lipinski definition) is 2. The lowest BCUT2D eigenvalue weighted by Gasteiger charge is -2.25. The van der Waals surface area contributed by atoms with Crippen LogP contribution in [0.25, 0.3) is 11.4 Å². The van der Waals surface area contributed by atoms with Crippen LogP contribution in [-0.2, 0) is 11.3 Å². The van der Waals surface area contributed by atoms with Crippen LogP contribution in [-0.4, -0.2) is 64.3 Å². The van der Waals surface area contributed by atoms with Gasteiger partial charge in [0.1, 0.15) is 18.2 Å². The van der Waals surface area contributed by atoms with E-state index in [9.17, 15) is 9.59 Å². The van der Waals surface area contributed by atoms with Gasteiger partial charge in [-0.1, -0.05) is 50.2 Å². The highest BCUT2D eigenvalue weighted by atomic mass is 16.5. The van der Waals surface area contributed by atoms with Crippen molar-refractivity contribution >= 4 is 11.8 Å². The second kappa shape index (κ2) is 12.5. The van der Waals surface area contributed by atoms with Gasteiger partial charge in [0.15, 0.2) is 5.82 Å².